The topological polar surface area (TPSA) is 78.1 Å². The molecule has 0 saturated carbocycles. The van der Waals surface area contributed by atoms with Crippen LogP contribution in [0.3, 0.4) is 0 Å². The van der Waals surface area contributed by atoms with Gasteiger partial charge in [0.1, 0.15) is 0 Å². The first-order valence-electron chi connectivity index (χ1n) is 4.84. The minimum Gasteiger partial charge on any atom is -0.399 e. The lowest BCUT2D eigenvalue weighted by Crippen LogP contribution is -1.94. The van der Waals surface area contributed by atoms with Crippen molar-refractivity contribution in [3.8, 4) is 0 Å². The summed E-state index contributed by atoms with van der Waals surface area (Å²) >= 11 is 1.54. The van der Waals surface area contributed by atoms with Gasteiger partial charge in [-0.2, -0.15) is 0 Å². The number of nitrogen functional groups attached to an aromatic ring is 3. The van der Waals surface area contributed by atoms with Crippen LogP contribution in [-0.2, 0) is 0 Å². The number of hydrogen-bond donors (Lipinski definition) is 3. The molecule has 0 amide bonds. The maximum Gasteiger partial charge on any atom is 0.0581 e. The van der Waals surface area contributed by atoms with E-state index in [1.54, 1.807) is 11.8 Å². The van der Waals surface area contributed by atoms with Gasteiger partial charge in [-0.15, -0.1) is 0 Å². The predicted octanol–water partition coefficient (Wildman–Crippen LogP) is 2.58. The molecule has 0 spiro atoms. The zero-order chi connectivity index (χ0) is 11.5. The van der Waals surface area contributed by atoms with Crippen LogP contribution in [0, 0.1) is 0 Å². The Morgan fingerprint density at radius 3 is 1.88 bits per heavy atom. The lowest BCUT2D eigenvalue weighted by molar-refractivity contribution is 1.41. The van der Waals surface area contributed by atoms with E-state index in [0.717, 1.165) is 15.5 Å². The van der Waals surface area contributed by atoms with Crippen LogP contribution in [0.1, 0.15) is 0 Å². The molecule has 82 valence electrons. The van der Waals surface area contributed by atoms with Crippen LogP contribution in [0.4, 0.5) is 17.1 Å². The molecule has 0 atom stereocenters. The largest absolute Gasteiger partial charge is 0.399 e. The van der Waals surface area contributed by atoms with Crippen molar-refractivity contribution in [1.29, 1.82) is 0 Å². The minimum atomic E-state index is 0.696. The first-order chi connectivity index (χ1) is 7.66. The average molecular weight is 231 g/mol. The van der Waals surface area contributed by atoms with E-state index in [0.29, 0.717) is 11.4 Å². The summed E-state index contributed by atoms with van der Waals surface area (Å²) in [4.78, 5) is 1.96. The van der Waals surface area contributed by atoms with Crippen LogP contribution < -0.4 is 17.2 Å². The molecule has 0 saturated heterocycles. The number of rotatable bonds is 2. The van der Waals surface area contributed by atoms with E-state index in [9.17, 15) is 0 Å². The van der Waals surface area contributed by atoms with Crippen LogP contribution in [0.2, 0.25) is 0 Å². The number of benzene rings is 2. The van der Waals surface area contributed by atoms with Gasteiger partial charge in [0.15, 0.2) is 0 Å². The summed E-state index contributed by atoms with van der Waals surface area (Å²) in [5, 5.41) is 0. The van der Waals surface area contributed by atoms with E-state index in [4.69, 9.17) is 17.2 Å². The molecule has 16 heavy (non-hydrogen) atoms. The molecule has 0 heterocycles. The van der Waals surface area contributed by atoms with Gasteiger partial charge in [-0.3, -0.25) is 0 Å². The van der Waals surface area contributed by atoms with Gasteiger partial charge in [0.25, 0.3) is 0 Å². The fraction of sp³-hybridized carbons (Fsp3) is 0. The third-order valence-electron chi connectivity index (χ3n) is 2.18. The van der Waals surface area contributed by atoms with E-state index in [1.807, 2.05) is 42.5 Å². The summed E-state index contributed by atoms with van der Waals surface area (Å²) < 4.78 is 0. The summed E-state index contributed by atoms with van der Waals surface area (Å²) in [5.41, 5.74) is 19.5. The summed E-state index contributed by atoms with van der Waals surface area (Å²) in [5.74, 6) is 0. The van der Waals surface area contributed by atoms with Gasteiger partial charge in [0, 0.05) is 22.0 Å². The Bertz CT molecular complexity index is 474. The molecule has 3 nitrogen and oxygen atoms in total. The number of hydrogen-bond acceptors (Lipinski definition) is 4. The molecule has 2 aromatic rings. The zero-order valence-corrected chi connectivity index (χ0v) is 9.50. The molecule has 0 aromatic heterocycles. The van der Waals surface area contributed by atoms with Crippen LogP contribution in [-0.4, -0.2) is 0 Å². The monoisotopic (exact) mass is 231 g/mol. The Labute approximate surface area is 98.6 Å². The van der Waals surface area contributed by atoms with Crippen molar-refractivity contribution in [2.75, 3.05) is 17.2 Å². The predicted molar refractivity (Wildman–Crippen MR) is 70.2 cm³/mol. The highest BCUT2D eigenvalue weighted by Crippen LogP contribution is 2.36. The van der Waals surface area contributed by atoms with Crippen molar-refractivity contribution in [3.63, 3.8) is 0 Å². The SMILES string of the molecule is Nc1ccc(Sc2c(N)cccc2N)cc1. The van der Waals surface area contributed by atoms with Crippen LogP contribution in [0.15, 0.2) is 52.3 Å². The second-order valence-corrected chi connectivity index (χ2v) is 4.52. The molecule has 0 aliphatic carbocycles. The van der Waals surface area contributed by atoms with Crippen LogP contribution in [0.5, 0.6) is 0 Å². The molecular formula is C12H13N3S. The lowest BCUT2D eigenvalue weighted by atomic mass is 10.3. The van der Waals surface area contributed by atoms with Gasteiger partial charge in [-0.25, -0.2) is 0 Å². The van der Waals surface area contributed by atoms with Crippen molar-refractivity contribution < 1.29 is 0 Å². The zero-order valence-electron chi connectivity index (χ0n) is 8.68. The van der Waals surface area contributed by atoms with Crippen molar-refractivity contribution in [1.82, 2.24) is 0 Å². The maximum atomic E-state index is 5.87. The molecule has 6 N–H and O–H groups in total. The standard InChI is InChI=1S/C12H13N3S/c13-8-4-6-9(7-5-8)16-12-10(14)2-1-3-11(12)15/h1-7H,13-15H2. The van der Waals surface area contributed by atoms with Gasteiger partial charge < -0.3 is 17.2 Å². The Morgan fingerprint density at radius 1 is 0.750 bits per heavy atom. The van der Waals surface area contributed by atoms with Gasteiger partial charge in [-0.05, 0) is 36.4 Å². The number of anilines is 3. The fourth-order valence-corrected chi connectivity index (χ4v) is 2.22. The summed E-state index contributed by atoms with van der Waals surface area (Å²) in [6.45, 7) is 0. The van der Waals surface area contributed by atoms with E-state index >= 15 is 0 Å². The van der Waals surface area contributed by atoms with Gasteiger partial charge in [0.2, 0.25) is 0 Å². The van der Waals surface area contributed by atoms with Crippen LogP contribution in [0.25, 0.3) is 0 Å². The van der Waals surface area contributed by atoms with Crippen molar-refractivity contribution in [3.05, 3.63) is 42.5 Å². The first kappa shape index (κ1) is 10.7. The lowest BCUT2D eigenvalue weighted by Gasteiger charge is -2.08. The smallest absolute Gasteiger partial charge is 0.0581 e. The quantitative estimate of drug-likeness (QED) is 0.694. The van der Waals surface area contributed by atoms with E-state index in [1.165, 1.54) is 0 Å². The van der Waals surface area contributed by atoms with E-state index < -0.39 is 0 Å². The molecule has 0 fully saturated rings. The molecule has 4 heteroatoms. The molecule has 0 unspecified atom stereocenters. The van der Waals surface area contributed by atoms with Crippen molar-refractivity contribution >= 4 is 28.8 Å². The molecule has 2 rings (SSSR count). The third-order valence-corrected chi connectivity index (χ3v) is 3.36. The van der Waals surface area contributed by atoms with Crippen molar-refractivity contribution in [2.24, 2.45) is 0 Å². The highest BCUT2D eigenvalue weighted by molar-refractivity contribution is 7.99. The average Bonchev–Trinajstić information content (AvgIpc) is 2.26. The second kappa shape index (κ2) is 4.37. The molecule has 2 aromatic carbocycles. The van der Waals surface area contributed by atoms with Gasteiger partial charge >= 0.3 is 0 Å². The van der Waals surface area contributed by atoms with Gasteiger partial charge in [0.05, 0.1) is 4.90 Å². The molecular weight excluding hydrogens is 218 g/mol. The van der Waals surface area contributed by atoms with Crippen molar-refractivity contribution in [2.45, 2.75) is 9.79 Å². The summed E-state index contributed by atoms with van der Waals surface area (Å²) in [6.07, 6.45) is 0. The Hall–Kier alpha value is -1.81. The molecule has 0 bridgehead atoms. The Balaban J connectivity index is 2.30. The summed E-state index contributed by atoms with van der Waals surface area (Å²) in [7, 11) is 0. The Morgan fingerprint density at radius 2 is 1.31 bits per heavy atom. The maximum absolute atomic E-state index is 5.87. The Kier molecular flexibility index (Phi) is 2.92. The number of nitrogens with two attached hydrogens (primary N) is 3. The molecule has 0 radical (unpaired) electrons. The summed E-state index contributed by atoms with van der Waals surface area (Å²) in [6, 6.07) is 13.1. The van der Waals surface area contributed by atoms with Crippen LogP contribution >= 0.6 is 11.8 Å². The normalized spacial score (nSPS) is 10.2. The molecule has 0 aliphatic heterocycles. The minimum absolute atomic E-state index is 0.696. The molecule has 0 aliphatic rings. The third kappa shape index (κ3) is 2.23. The second-order valence-electron chi connectivity index (χ2n) is 3.44. The first-order valence-corrected chi connectivity index (χ1v) is 5.66. The fourth-order valence-electron chi connectivity index (χ4n) is 1.35. The highest BCUT2D eigenvalue weighted by atomic mass is 32.2. The van der Waals surface area contributed by atoms with E-state index in [-0.39, 0.29) is 0 Å². The van der Waals surface area contributed by atoms with E-state index in [2.05, 4.69) is 0 Å². The van der Waals surface area contributed by atoms with Gasteiger partial charge in [-0.1, -0.05) is 17.8 Å². The highest BCUT2D eigenvalue weighted by Gasteiger charge is 2.05.